The number of rotatable bonds is 8. The molecule has 0 saturated carbocycles. The van der Waals surface area contributed by atoms with Gasteiger partial charge in [-0.15, -0.1) is 0 Å². The highest BCUT2D eigenvalue weighted by Gasteiger charge is 2.29. The lowest BCUT2D eigenvalue weighted by molar-refractivity contribution is 0.0672. The maximum absolute atomic E-state index is 13.3. The highest BCUT2D eigenvalue weighted by atomic mass is 32.2. The number of methoxy groups -OCH3 is 1. The van der Waals surface area contributed by atoms with Crippen molar-refractivity contribution in [3.05, 3.63) is 65.2 Å². The van der Waals surface area contributed by atoms with Crippen LogP contribution in [0.1, 0.15) is 35.3 Å². The van der Waals surface area contributed by atoms with E-state index in [9.17, 15) is 13.2 Å². The molecule has 1 aliphatic rings. The molecule has 0 atom stereocenters. The van der Waals surface area contributed by atoms with Gasteiger partial charge in [0.15, 0.2) is 0 Å². The maximum Gasteiger partial charge on any atom is 0.253 e. The first kappa shape index (κ1) is 22.5. The van der Waals surface area contributed by atoms with E-state index in [1.165, 1.54) is 15.9 Å². The molecule has 2 aromatic rings. The molecule has 3 rings (SSSR count). The average Bonchev–Trinajstić information content (AvgIpc) is 2.75. The smallest absolute Gasteiger partial charge is 0.253 e. The predicted molar refractivity (Wildman–Crippen MR) is 117 cm³/mol. The van der Waals surface area contributed by atoms with E-state index in [1.54, 1.807) is 30.2 Å². The third-order valence-electron chi connectivity index (χ3n) is 5.25. The second-order valence-electron chi connectivity index (χ2n) is 8.02. The van der Waals surface area contributed by atoms with E-state index in [-0.39, 0.29) is 10.8 Å². The number of hydrogen-bond donors (Lipinski definition) is 0. The van der Waals surface area contributed by atoms with Crippen molar-refractivity contribution < 1.29 is 17.9 Å². The van der Waals surface area contributed by atoms with E-state index in [2.05, 4.69) is 0 Å². The van der Waals surface area contributed by atoms with Crippen molar-refractivity contribution in [1.29, 1.82) is 0 Å². The van der Waals surface area contributed by atoms with E-state index >= 15 is 0 Å². The molecular formula is C23H30N2O4S. The molecule has 1 heterocycles. The second-order valence-corrected chi connectivity index (χ2v) is 9.96. The van der Waals surface area contributed by atoms with Crippen molar-refractivity contribution in [1.82, 2.24) is 9.21 Å². The first-order valence-electron chi connectivity index (χ1n) is 10.3. The molecule has 0 spiro atoms. The summed E-state index contributed by atoms with van der Waals surface area (Å²) in [4.78, 5) is 14.9. The van der Waals surface area contributed by atoms with Crippen molar-refractivity contribution in [2.75, 3.05) is 33.4 Å². The summed E-state index contributed by atoms with van der Waals surface area (Å²) >= 11 is 0. The normalized spacial score (nSPS) is 14.5. The Kier molecular flexibility index (Phi) is 7.28. The van der Waals surface area contributed by atoms with Gasteiger partial charge in [-0.05, 0) is 41.7 Å². The molecule has 6 nitrogen and oxygen atoms in total. The summed E-state index contributed by atoms with van der Waals surface area (Å²) < 4.78 is 33.2. The number of sulfonamides is 1. The molecule has 0 unspecified atom stereocenters. The van der Waals surface area contributed by atoms with Gasteiger partial charge in [0.1, 0.15) is 0 Å². The van der Waals surface area contributed by atoms with Gasteiger partial charge in [-0.3, -0.25) is 4.79 Å². The van der Waals surface area contributed by atoms with Crippen LogP contribution in [0.15, 0.2) is 53.4 Å². The number of amides is 1. The molecule has 0 bridgehead atoms. The molecule has 162 valence electrons. The summed E-state index contributed by atoms with van der Waals surface area (Å²) in [6, 6.07) is 14.3. The largest absolute Gasteiger partial charge is 0.383 e. The van der Waals surface area contributed by atoms with Gasteiger partial charge in [-0.25, -0.2) is 8.42 Å². The summed E-state index contributed by atoms with van der Waals surface area (Å²) in [6.07, 6.45) is 0.688. The van der Waals surface area contributed by atoms with E-state index in [0.717, 1.165) is 5.56 Å². The van der Waals surface area contributed by atoms with Crippen LogP contribution in [0.5, 0.6) is 0 Å². The summed E-state index contributed by atoms with van der Waals surface area (Å²) in [6.45, 7) is 6.36. The minimum absolute atomic E-state index is 0.156. The fourth-order valence-electron chi connectivity index (χ4n) is 3.71. The quantitative estimate of drug-likeness (QED) is 0.645. The van der Waals surface area contributed by atoms with E-state index in [4.69, 9.17) is 4.74 Å². The number of ether oxygens (including phenoxy) is 1. The minimum Gasteiger partial charge on any atom is -0.383 e. The highest BCUT2D eigenvalue weighted by Crippen LogP contribution is 2.25. The van der Waals surface area contributed by atoms with Gasteiger partial charge in [0.05, 0.1) is 11.5 Å². The van der Waals surface area contributed by atoms with Crippen LogP contribution in [-0.4, -0.2) is 56.9 Å². The Bertz CT molecular complexity index is 988. The van der Waals surface area contributed by atoms with E-state index in [1.807, 2.05) is 38.1 Å². The third kappa shape index (κ3) is 5.09. The summed E-state index contributed by atoms with van der Waals surface area (Å²) in [5.41, 5.74) is 2.60. The average molecular weight is 431 g/mol. The van der Waals surface area contributed by atoms with Crippen molar-refractivity contribution >= 4 is 15.9 Å². The van der Waals surface area contributed by atoms with Crippen LogP contribution < -0.4 is 0 Å². The number of carbonyl (C=O) groups excluding carboxylic acids is 1. The molecule has 7 heteroatoms. The molecule has 30 heavy (non-hydrogen) atoms. The Labute approximate surface area is 179 Å². The molecule has 0 radical (unpaired) electrons. The molecule has 1 amide bonds. The van der Waals surface area contributed by atoms with Gasteiger partial charge in [0, 0.05) is 38.9 Å². The van der Waals surface area contributed by atoms with Crippen molar-refractivity contribution in [2.24, 2.45) is 5.92 Å². The topological polar surface area (TPSA) is 66.9 Å². The summed E-state index contributed by atoms with van der Waals surface area (Å²) in [7, 11) is -2.09. The summed E-state index contributed by atoms with van der Waals surface area (Å²) in [5.74, 6) is 0.118. The lowest BCUT2D eigenvalue weighted by Gasteiger charge is -2.28. The van der Waals surface area contributed by atoms with E-state index in [0.29, 0.717) is 50.7 Å². The standard InChI is InChI=1S/C23H30N2O4S/c1-18(2)16-24(13-14-29-3)23(26)20-9-6-10-22(15-20)30(27,28)25-12-11-19-7-4-5-8-21(19)17-25/h4-10,15,18H,11-14,16-17H2,1-3H3. The van der Waals surface area contributed by atoms with Gasteiger partial charge < -0.3 is 9.64 Å². The number of hydrogen-bond acceptors (Lipinski definition) is 4. The third-order valence-corrected chi connectivity index (χ3v) is 7.09. The molecule has 0 aliphatic carbocycles. The molecule has 1 aliphatic heterocycles. The van der Waals surface area contributed by atoms with Crippen LogP contribution in [0, 0.1) is 5.92 Å². The molecule has 0 saturated heterocycles. The molecule has 2 aromatic carbocycles. The Morgan fingerprint density at radius 2 is 1.87 bits per heavy atom. The molecule has 0 N–H and O–H groups in total. The van der Waals surface area contributed by atoms with Crippen LogP contribution in [0.2, 0.25) is 0 Å². The lowest BCUT2D eigenvalue weighted by atomic mass is 10.0. The van der Waals surface area contributed by atoms with Crippen molar-refractivity contribution in [2.45, 2.75) is 31.7 Å². The van der Waals surface area contributed by atoms with Crippen LogP contribution in [-0.2, 0) is 27.7 Å². The lowest BCUT2D eigenvalue weighted by Crippen LogP contribution is -2.37. The van der Waals surface area contributed by atoms with Crippen LogP contribution in [0.4, 0.5) is 0 Å². The van der Waals surface area contributed by atoms with Crippen LogP contribution in [0.3, 0.4) is 0 Å². The van der Waals surface area contributed by atoms with Crippen molar-refractivity contribution in [3.8, 4) is 0 Å². The van der Waals surface area contributed by atoms with Gasteiger partial charge in [0.25, 0.3) is 5.91 Å². The fourth-order valence-corrected chi connectivity index (χ4v) is 5.18. The van der Waals surface area contributed by atoms with Gasteiger partial charge in [-0.1, -0.05) is 44.2 Å². The zero-order chi connectivity index (χ0) is 21.7. The zero-order valence-corrected chi connectivity index (χ0v) is 18.7. The number of fused-ring (bicyclic) bond motifs is 1. The Morgan fingerprint density at radius 1 is 1.13 bits per heavy atom. The number of nitrogens with zero attached hydrogens (tertiary/aromatic N) is 2. The van der Waals surface area contributed by atoms with Gasteiger partial charge in [0.2, 0.25) is 10.0 Å². The molecule has 0 aromatic heterocycles. The highest BCUT2D eigenvalue weighted by molar-refractivity contribution is 7.89. The monoisotopic (exact) mass is 430 g/mol. The Morgan fingerprint density at radius 3 is 2.57 bits per heavy atom. The predicted octanol–water partition coefficient (Wildman–Crippen LogP) is 3.18. The SMILES string of the molecule is COCCN(CC(C)C)C(=O)c1cccc(S(=O)(=O)N2CCc3ccccc3C2)c1. The second kappa shape index (κ2) is 9.73. The zero-order valence-electron chi connectivity index (χ0n) is 17.9. The van der Waals surface area contributed by atoms with Crippen molar-refractivity contribution in [3.63, 3.8) is 0 Å². The number of benzene rings is 2. The number of carbonyl (C=O) groups is 1. The molecular weight excluding hydrogens is 400 g/mol. The molecule has 0 fully saturated rings. The Hall–Kier alpha value is -2.22. The first-order valence-corrected chi connectivity index (χ1v) is 11.7. The minimum atomic E-state index is -3.69. The van der Waals surface area contributed by atoms with E-state index < -0.39 is 10.0 Å². The van der Waals surface area contributed by atoms with Gasteiger partial charge in [-0.2, -0.15) is 4.31 Å². The van der Waals surface area contributed by atoms with Crippen LogP contribution >= 0.6 is 0 Å². The van der Waals surface area contributed by atoms with Gasteiger partial charge >= 0.3 is 0 Å². The fraction of sp³-hybridized carbons (Fsp3) is 0.435. The Balaban J connectivity index is 1.84. The van der Waals surface area contributed by atoms with Crippen LogP contribution in [0.25, 0.3) is 0 Å². The first-order chi connectivity index (χ1) is 14.3. The maximum atomic E-state index is 13.3. The summed E-state index contributed by atoms with van der Waals surface area (Å²) in [5, 5.41) is 0.